The number of hydrogen-bond acceptors (Lipinski definition) is 5. The summed E-state index contributed by atoms with van der Waals surface area (Å²) in [6.07, 6.45) is 4.46. The molecule has 0 spiro atoms. The van der Waals surface area contributed by atoms with Crippen molar-refractivity contribution in [3.8, 4) is 5.75 Å². The van der Waals surface area contributed by atoms with Gasteiger partial charge in [0, 0.05) is 30.8 Å². The Morgan fingerprint density at radius 1 is 1.19 bits per heavy atom. The number of Topliss-reactive ketones (excluding diaryl/α,β-unsaturated/α-hetero) is 1. The molecule has 1 saturated heterocycles. The van der Waals surface area contributed by atoms with Crippen LogP contribution in [0.25, 0.3) is 0 Å². The average molecular weight is 420 g/mol. The van der Waals surface area contributed by atoms with E-state index in [-0.39, 0.29) is 24.1 Å². The molecule has 1 fully saturated rings. The standard InChI is InChI=1S/C24H21FN2O4/c25-18-3-5-19(6-4-18)31-20-10-17-12-27(14-24(17,30)11-20)13-22(28)16-1-7-21-15(9-16)2-8-23(29)26-21/h1,3-7,9-11,30H,2,8,12-14H2,(H,26,29)/t24-/m0/s1. The van der Waals surface area contributed by atoms with Gasteiger partial charge in [0.15, 0.2) is 5.78 Å². The first-order valence-electron chi connectivity index (χ1n) is 10.2. The van der Waals surface area contributed by atoms with Crippen molar-refractivity contribution in [2.75, 3.05) is 25.0 Å². The molecule has 0 radical (unpaired) electrons. The maximum Gasteiger partial charge on any atom is 0.224 e. The normalized spacial score (nSPS) is 22.3. The first-order valence-corrected chi connectivity index (χ1v) is 10.2. The molecule has 0 bridgehead atoms. The molecule has 1 atom stereocenters. The molecule has 2 aromatic carbocycles. The summed E-state index contributed by atoms with van der Waals surface area (Å²) in [6.45, 7) is 0.935. The van der Waals surface area contributed by atoms with Gasteiger partial charge in [-0.15, -0.1) is 0 Å². The molecule has 5 rings (SSSR count). The van der Waals surface area contributed by atoms with E-state index < -0.39 is 5.60 Å². The minimum atomic E-state index is -1.17. The molecule has 0 unspecified atom stereocenters. The number of anilines is 1. The summed E-state index contributed by atoms with van der Waals surface area (Å²) in [5.74, 6) is 0.615. The van der Waals surface area contributed by atoms with Gasteiger partial charge in [0.05, 0.1) is 6.54 Å². The van der Waals surface area contributed by atoms with Crippen LogP contribution in [-0.4, -0.2) is 46.9 Å². The molecule has 1 amide bonds. The van der Waals surface area contributed by atoms with Crippen molar-refractivity contribution in [2.45, 2.75) is 18.4 Å². The molecule has 2 aliphatic heterocycles. The summed E-state index contributed by atoms with van der Waals surface area (Å²) in [5.41, 5.74) is 1.93. The van der Waals surface area contributed by atoms with Crippen LogP contribution in [0.2, 0.25) is 0 Å². The van der Waals surface area contributed by atoms with Crippen molar-refractivity contribution in [1.82, 2.24) is 4.90 Å². The van der Waals surface area contributed by atoms with Gasteiger partial charge in [-0.1, -0.05) is 0 Å². The molecule has 31 heavy (non-hydrogen) atoms. The summed E-state index contributed by atoms with van der Waals surface area (Å²) >= 11 is 0. The van der Waals surface area contributed by atoms with Gasteiger partial charge >= 0.3 is 0 Å². The van der Waals surface area contributed by atoms with Crippen molar-refractivity contribution in [2.24, 2.45) is 0 Å². The number of ketones is 1. The Bertz CT molecular complexity index is 1140. The molecule has 7 heteroatoms. The second-order valence-corrected chi connectivity index (χ2v) is 8.18. The number of amides is 1. The molecule has 0 saturated carbocycles. The lowest BCUT2D eigenvalue weighted by Gasteiger charge is -2.20. The smallest absolute Gasteiger partial charge is 0.224 e. The number of benzene rings is 2. The van der Waals surface area contributed by atoms with Crippen LogP contribution in [0.5, 0.6) is 5.75 Å². The van der Waals surface area contributed by atoms with E-state index >= 15 is 0 Å². The Morgan fingerprint density at radius 3 is 2.77 bits per heavy atom. The predicted molar refractivity (Wildman–Crippen MR) is 112 cm³/mol. The van der Waals surface area contributed by atoms with Crippen molar-refractivity contribution in [3.05, 3.63) is 82.9 Å². The predicted octanol–water partition coefficient (Wildman–Crippen LogP) is 2.84. The summed E-state index contributed by atoms with van der Waals surface area (Å²) < 4.78 is 18.8. The topological polar surface area (TPSA) is 78.9 Å². The van der Waals surface area contributed by atoms with Crippen LogP contribution in [0.4, 0.5) is 10.1 Å². The molecule has 2 heterocycles. The van der Waals surface area contributed by atoms with Gasteiger partial charge in [0.1, 0.15) is 22.9 Å². The summed E-state index contributed by atoms with van der Waals surface area (Å²) in [7, 11) is 0. The summed E-state index contributed by atoms with van der Waals surface area (Å²) in [4.78, 5) is 26.2. The van der Waals surface area contributed by atoms with Crippen molar-refractivity contribution < 1.29 is 23.8 Å². The van der Waals surface area contributed by atoms with E-state index in [1.54, 1.807) is 24.3 Å². The first kappa shape index (κ1) is 19.7. The highest BCUT2D eigenvalue weighted by Gasteiger charge is 2.43. The van der Waals surface area contributed by atoms with Crippen molar-refractivity contribution in [1.29, 1.82) is 0 Å². The molecule has 3 aliphatic rings. The number of aryl methyl sites for hydroxylation is 1. The second-order valence-electron chi connectivity index (χ2n) is 8.18. The highest BCUT2D eigenvalue weighted by atomic mass is 19.1. The van der Waals surface area contributed by atoms with Gasteiger partial charge in [-0.25, -0.2) is 4.39 Å². The monoisotopic (exact) mass is 420 g/mol. The fourth-order valence-corrected chi connectivity index (χ4v) is 4.29. The van der Waals surface area contributed by atoms with E-state index in [0.717, 1.165) is 16.8 Å². The third-order valence-electron chi connectivity index (χ3n) is 5.85. The molecule has 0 aromatic heterocycles. The van der Waals surface area contributed by atoms with Crippen LogP contribution in [-0.2, 0) is 11.2 Å². The van der Waals surface area contributed by atoms with Gasteiger partial charge in [0.2, 0.25) is 5.91 Å². The number of carbonyl (C=O) groups is 2. The van der Waals surface area contributed by atoms with Gasteiger partial charge in [-0.2, -0.15) is 0 Å². The van der Waals surface area contributed by atoms with Crippen LogP contribution in [0.15, 0.2) is 65.9 Å². The highest BCUT2D eigenvalue weighted by Crippen LogP contribution is 2.36. The SMILES string of the molecule is O=C1CCc2cc(C(=O)CN3CC4=CC(Oc5ccc(F)cc5)=C[C@]4(O)C3)ccc2N1. The quantitative estimate of drug-likeness (QED) is 0.728. The minimum absolute atomic E-state index is 0.00691. The first-order chi connectivity index (χ1) is 14.9. The fraction of sp³-hybridized carbons (Fsp3) is 0.250. The molecule has 2 aromatic rings. The molecular weight excluding hydrogens is 399 g/mol. The maximum absolute atomic E-state index is 13.0. The molecule has 158 valence electrons. The number of allylic oxidation sites excluding steroid dienone is 1. The third-order valence-corrected chi connectivity index (χ3v) is 5.85. The maximum atomic E-state index is 13.0. The third kappa shape index (κ3) is 3.89. The Labute approximate surface area is 178 Å². The summed E-state index contributed by atoms with van der Waals surface area (Å²) in [6, 6.07) is 11.0. The number of aliphatic hydroxyl groups is 1. The second kappa shape index (κ2) is 7.44. The number of hydrogen-bond donors (Lipinski definition) is 2. The van der Waals surface area contributed by atoms with Crippen LogP contribution in [0.1, 0.15) is 22.3 Å². The van der Waals surface area contributed by atoms with Crippen molar-refractivity contribution >= 4 is 17.4 Å². The lowest BCUT2D eigenvalue weighted by molar-refractivity contribution is -0.116. The molecular formula is C24H21FN2O4. The van der Waals surface area contributed by atoms with Crippen LogP contribution in [0, 0.1) is 5.82 Å². The van der Waals surface area contributed by atoms with Gasteiger partial charge in [-0.3, -0.25) is 14.5 Å². The Morgan fingerprint density at radius 2 is 2.00 bits per heavy atom. The molecule has 1 aliphatic carbocycles. The van der Waals surface area contributed by atoms with E-state index in [9.17, 15) is 19.1 Å². The number of rotatable bonds is 5. The lowest BCUT2D eigenvalue weighted by atomic mass is 9.98. The largest absolute Gasteiger partial charge is 0.458 e. The number of carbonyl (C=O) groups excluding carboxylic acids is 2. The minimum Gasteiger partial charge on any atom is -0.458 e. The van der Waals surface area contributed by atoms with E-state index in [1.807, 2.05) is 11.0 Å². The number of nitrogens with zero attached hydrogens (tertiary/aromatic N) is 1. The van der Waals surface area contributed by atoms with Gasteiger partial charge < -0.3 is 15.2 Å². The zero-order chi connectivity index (χ0) is 21.6. The molecule has 2 N–H and O–H groups in total. The fourth-order valence-electron chi connectivity index (χ4n) is 4.29. The number of ether oxygens (including phenoxy) is 1. The average Bonchev–Trinajstić information content (AvgIpc) is 3.19. The van der Waals surface area contributed by atoms with E-state index in [0.29, 0.717) is 43.0 Å². The van der Waals surface area contributed by atoms with Gasteiger partial charge in [-0.05, 0) is 72.2 Å². The zero-order valence-corrected chi connectivity index (χ0v) is 16.7. The number of β-amino-alcohol motifs (C(OH)–C–C–N with tert-alkyl or cyclic N) is 1. The number of halogens is 1. The Hall–Kier alpha value is -3.29. The zero-order valence-electron chi connectivity index (χ0n) is 16.7. The summed E-state index contributed by atoms with van der Waals surface area (Å²) in [5, 5.41) is 13.8. The van der Waals surface area contributed by atoms with Crippen LogP contribution in [0.3, 0.4) is 0 Å². The number of likely N-dealkylation sites (tertiary alicyclic amines) is 1. The van der Waals surface area contributed by atoms with Crippen molar-refractivity contribution in [3.63, 3.8) is 0 Å². The van der Waals surface area contributed by atoms with Crippen LogP contribution >= 0.6 is 0 Å². The molecule has 6 nitrogen and oxygen atoms in total. The van der Waals surface area contributed by atoms with Crippen LogP contribution < -0.4 is 10.1 Å². The number of fused-ring (bicyclic) bond motifs is 2. The van der Waals surface area contributed by atoms with E-state index in [1.165, 1.54) is 24.3 Å². The Balaban J connectivity index is 1.23. The Kier molecular flexibility index (Phi) is 4.72. The van der Waals surface area contributed by atoms with E-state index in [4.69, 9.17) is 4.74 Å². The van der Waals surface area contributed by atoms with E-state index in [2.05, 4.69) is 5.32 Å². The van der Waals surface area contributed by atoms with Gasteiger partial charge in [0.25, 0.3) is 0 Å². The highest BCUT2D eigenvalue weighted by molar-refractivity contribution is 6.00. The lowest BCUT2D eigenvalue weighted by Crippen LogP contribution is -2.34. The number of nitrogens with one attached hydrogen (secondary N) is 1.